The second kappa shape index (κ2) is 5.78. The Kier molecular flexibility index (Phi) is 4.30. The van der Waals surface area contributed by atoms with Gasteiger partial charge in [-0.3, -0.25) is 4.79 Å². The van der Waals surface area contributed by atoms with Crippen LogP contribution in [0.15, 0.2) is 30.5 Å². The lowest BCUT2D eigenvalue weighted by atomic mass is 10.2. The normalized spacial score (nSPS) is 10.3. The number of pyridine rings is 1. The van der Waals surface area contributed by atoms with E-state index in [4.69, 9.17) is 34.8 Å². The number of carbonyl (C=O) groups excluding carboxylic acids is 1. The molecule has 1 heterocycles. The van der Waals surface area contributed by atoms with E-state index in [1.807, 2.05) is 0 Å². The first kappa shape index (κ1) is 14.1. The molecule has 0 unspecified atom stereocenters. The SMILES string of the molecule is Cc1cc(NC(=O)c2ccc(Cl)cc2Cl)cnc1Cl. The van der Waals surface area contributed by atoms with Crippen LogP contribution in [0.4, 0.5) is 5.69 Å². The highest BCUT2D eigenvalue weighted by atomic mass is 35.5. The van der Waals surface area contributed by atoms with E-state index in [-0.39, 0.29) is 5.91 Å². The summed E-state index contributed by atoms with van der Waals surface area (Å²) >= 11 is 17.6. The van der Waals surface area contributed by atoms with Crippen molar-refractivity contribution >= 4 is 46.4 Å². The van der Waals surface area contributed by atoms with E-state index >= 15 is 0 Å². The Morgan fingerprint density at radius 1 is 1.21 bits per heavy atom. The van der Waals surface area contributed by atoms with E-state index in [0.717, 1.165) is 5.56 Å². The van der Waals surface area contributed by atoms with Gasteiger partial charge in [-0.2, -0.15) is 0 Å². The number of amides is 1. The summed E-state index contributed by atoms with van der Waals surface area (Å²) in [6.07, 6.45) is 1.48. The third-order valence-corrected chi connectivity index (χ3v) is 3.39. The van der Waals surface area contributed by atoms with Crippen molar-refractivity contribution in [3.05, 3.63) is 56.8 Å². The van der Waals surface area contributed by atoms with Crippen molar-refractivity contribution in [3.63, 3.8) is 0 Å². The summed E-state index contributed by atoms with van der Waals surface area (Å²) in [4.78, 5) is 16.0. The van der Waals surface area contributed by atoms with Gasteiger partial charge in [0.1, 0.15) is 5.15 Å². The molecule has 0 spiro atoms. The molecular weight excluding hydrogens is 307 g/mol. The fourth-order valence-electron chi connectivity index (χ4n) is 1.50. The van der Waals surface area contributed by atoms with Gasteiger partial charge in [0.25, 0.3) is 5.91 Å². The van der Waals surface area contributed by atoms with Gasteiger partial charge in [0.05, 0.1) is 22.5 Å². The number of nitrogens with zero attached hydrogens (tertiary/aromatic N) is 1. The molecule has 0 aliphatic carbocycles. The topological polar surface area (TPSA) is 42.0 Å². The monoisotopic (exact) mass is 314 g/mol. The standard InChI is InChI=1S/C13H9Cl3N2O/c1-7-4-9(6-17-12(7)16)18-13(19)10-3-2-8(14)5-11(10)15/h2-6H,1H3,(H,18,19). The van der Waals surface area contributed by atoms with Crippen LogP contribution in [0.3, 0.4) is 0 Å². The van der Waals surface area contributed by atoms with Gasteiger partial charge in [-0.1, -0.05) is 34.8 Å². The number of benzene rings is 1. The average molecular weight is 316 g/mol. The van der Waals surface area contributed by atoms with Crippen molar-refractivity contribution in [2.24, 2.45) is 0 Å². The Morgan fingerprint density at radius 3 is 2.58 bits per heavy atom. The van der Waals surface area contributed by atoms with Gasteiger partial charge in [-0.25, -0.2) is 4.98 Å². The zero-order valence-corrected chi connectivity index (χ0v) is 12.1. The van der Waals surface area contributed by atoms with Crippen molar-refractivity contribution in [1.29, 1.82) is 0 Å². The van der Waals surface area contributed by atoms with Gasteiger partial charge in [0.2, 0.25) is 0 Å². The minimum Gasteiger partial charge on any atom is -0.321 e. The quantitative estimate of drug-likeness (QED) is 0.823. The average Bonchev–Trinajstić information content (AvgIpc) is 2.33. The van der Waals surface area contributed by atoms with Crippen molar-refractivity contribution in [2.75, 3.05) is 5.32 Å². The number of aromatic nitrogens is 1. The first-order valence-electron chi connectivity index (χ1n) is 5.36. The van der Waals surface area contributed by atoms with Gasteiger partial charge < -0.3 is 5.32 Å². The van der Waals surface area contributed by atoms with Crippen LogP contribution >= 0.6 is 34.8 Å². The molecule has 0 radical (unpaired) electrons. The molecule has 98 valence electrons. The fraction of sp³-hybridized carbons (Fsp3) is 0.0769. The van der Waals surface area contributed by atoms with Crippen LogP contribution in [0.2, 0.25) is 15.2 Å². The van der Waals surface area contributed by atoms with Crippen molar-refractivity contribution in [2.45, 2.75) is 6.92 Å². The number of anilines is 1. The molecule has 2 aromatic rings. The van der Waals surface area contributed by atoms with E-state index in [1.165, 1.54) is 12.3 Å². The molecule has 1 aromatic heterocycles. The smallest absolute Gasteiger partial charge is 0.257 e. The second-order valence-corrected chi connectivity index (χ2v) is 5.11. The highest BCUT2D eigenvalue weighted by Crippen LogP contribution is 2.22. The van der Waals surface area contributed by atoms with Crippen LogP contribution in [0, 0.1) is 6.92 Å². The molecule has 0 saturated heterocycles. The molecule has 1 N–H and O–H groups in total. The molecule has 1 amide bonds. The van der Waals surface area contributed by atoms with Crippen molar-refractivity contribution in [1.82, 2.24) is 4.98 Å². The zero-order chi connectivity index (χ0) is 14.0. The van der Waals surface area contributed by atoms with Crippen LogP contribution in [-0.2, 0) is 0 Å². The molecular formula is C13H9Cl3N2O. The lowest BCUT2D eigenvalue weighted by Gasteiger charge is -2.08. The molecule has 0 saturated carbocycles. The number of hydrogen-bond acceptors (Lipinski definition) is 2. The molecule has 1 aromatic carbocycles. The van der Waals surface area contributed by atoms with Gasteiger partial charge in [-0.05, 0) is 36.8 Å². The summed E-state index contributed by atoms with van der Waals surface area (Å²) in [5, 5.41) is 3.88. The Labute approximate surface area is 125 Å². The van der Waals surface area contributed by atoms with E-state index in [0.29, 0.717) is 26.4 Å². The van der Waals surface area contributed by atoms with Crippen LogP contribution in [0.5, 0.6) is 0 Å². The Hall–Kier alpha value is -1.29. The summed E-state index contributed by atoms with van der Waals surface area (Å²) in [5.41, 5.74) is 1.68. The van der Waals surface area contributed by atoms with Gasteiger partial charge >= 0.3 is 0 Å². The fourth-order valence-corrected chi connectivity index (χ4v) is 2.10. The molecule has 0 fully saturated rings. The Morgan fingerprint density at radius 2 is 1.95 bits per heavy atom. The van der Waals surface area contributed by atoms with Crippen LogP contribution in [-0.4, -0.2) is 10.9 Å². The molecule has 0 aliphatic rings. The van der Waals surface area contributed by atoms with Crippen molar-refractivity contribution < 1.29 is 4.79 Å². The third-order valence-electron chi connectivity index (χ3n) is 2.45. The van der Waals surface area contributed by atoms with Gasteiger partial charge in [0, 0.05) is 5.02 Å². The Balaban J connectivity index is 2.23. The summed E-state index contributed by atoms with van der Waals surface area (Å²) < 4.78 is 0. The zero-order valence-electron chi connectivity index (χ0n) is 9.88. The maximum absolute atomic E-state index is 12.0. The predicted molar refractivity (Wildman–Crippen MR) is 78.4 cm³/mol. The summed E-state index contributed by atoms with van der Waals surface area (Å²) in [5.74, 6) is -0.329. The highest BCUT2D eigenvalue weighted by molar-refractivity contribution is 6.37. The number of carbonyl (C=O) groups is 1. The number of rotatable bonds is 2. The van der Waals surface area contributed by atoms with Crippen LogP contribution in [0.1, 0.15) is 15.9 Å². The largest absolute Gasteiger partial charge is 0.321 e. The van der Waals surface area contributed by atoms with Gasteiger partial charge in [0.15, 0.2) is 0 Å². The van der Waals surface area contributed by atoms with Gasteiger partial charge in [-0.15, -0.1) is 0 Å². The first-order valence-corrected chi connectivity index (χ1v) is 6.49. The van der Waals surface area contributed by atoms with E-state index in [2.05, 4.69) is 10.3 Å². The lowest BCUT2D eigenvalue weighted by molar-refractivity contribution is 0.102. The number of hydrogen-bond donors (Lipinski definition) is 1. The highest BCUT2D eigenvalue weighted by Gasteiger charge is 2.11. The maximum Gasteiger partial charge on any atom is 0.257 e. The maximum atomic E-state index is 12.0. The minimum atomic E-state index is -0.329. The van der Waals surface area contributed by atoms with Crippen molar-refractivity contribution in [3.8, 4) is 0 Å². The summed E-state index contributed by atoms with van der Waals surface area (Å²) in [6, 6.07) is 6.42. The molecule has 0 atom stereocenters. The van der Waals surface area contributed by atoms with E-state index in [1.54, 1.807) is 25.1 Å². The molecule has 0 aliphatic heterocycles. The third kappa shape index (κ3) is 3.38. The predicted octanol–water partition coefficient (Wildman–Crippen LogP) is 4.60. The first-order chi connectivity index (χ1) is 8.97. The molecule has 6 heteroatoms. The second-order valence-electron chi connectivity index (χ2n) is 3.91. The van der Waals surface area contributed by atoms with E-state index < -0.39 is 0 Å². The number of nitrogens with one attached hydrogen (secondary N) is 1. The molecule has 2 rings (SSSR count). The molecule has 19 heavy (non-hydrogen) atoms. The van der Waals surface area contributed by atoms with Crippen LogP contribution < -0.4 is 5.32 Å². The Bertz CT molecular complexity index is 644. The summed E-state index contributed by atoms with van der Waals surface area (Å²) in [7, 11) is 0. The molecule has 0 bridgehead atoms. The molecule has 3 nitrogen and oxygen atoms in total. The van der Waals surface area contributed by atoms with E-state index in [9.17, 15) is 4.79 Å². The summed E-state index contributed by atoms with van der Waals surface area (Å²) in [6.45, 7) is 1.81. The minimum absolute atomic E-state index is 0.295. The van der Waals surface area contributed by atoms with Crippen LogP contribution in [0.25, 0.3) is 0 Å². The number of aryl methyl sites for hydroxylation is 1. The lowest BCUT2D eigenvalue weighted by Crippen LogP contribution is -2.12. The number of halogens is 3.